The first-order valence-corrected chi connectivity index (χ1v) is 10.7. The van der Waals surface area contributed by atoms with Gasteiger partial charge in [0.25, 0.3) is 0 Å². The third-order valence-corrected chi connectivity index (χ3v) is 5.99. The summed E-state index contributed by atoms with van der Waals surface area (Å²) in [5.74, 6) is 1.19. The molecule has 1 heterocycles. The third-order valence-electron chi connectivity index (χ3n) is 5.99. The maximum Gasteiger partial charge on any atom is 0.223 e. The molecular weight excluding hydrogens is 360 g/mol. The number of aryl methyl sites for hydroxylation is 2. The summed E-state index contributed by atoms with van der Waals surface area (Å²) in [6.07, 6.45) is 2.73. The quantitative estimate of drug-likeness (QED) is 0.734. The molecule has 4 nitrogen and oxygen atoms in total. The SMILES string of the molecule is CC[C@@H](NC(=O)C1CCN(Cc2cccc(C)c2)CC1)c1ccc(OC)c(C)c1. The monoisotopic (exact) mass is 394 g/mol. The average Bonchev–Trinajstić information content (AvgIpc) is 2.72. The highest BCUT2D eigenvalue weighted by Crippen LogP contribution is 2.26. The van der Waals surface area contributed by atoms with Crippen LogP contribution in [-0.2, 0) is 11.3 Å². The van der Waals surface area contributed by atoms with Gasteiger partial charge in [-0.25, -0.2) is 0 Å². The summed E-state index contributed by atoms with van der Waals surface area (Å²) in [7, 11) is 1.69. The minimum atomic E-state index is 0.0532. The van der Waals surface area contributed by atoms with Gasteiger partial charge in [0.2, 0.25) is 5.91 Å². The minimum Gasteiger partial charge on any atom is -0.496 e. The molecule has 1 amide bonds. The predicted octanol–water partition coefficient (Wildman–Crippen LogP) is 4.79. The van der Waals surface area contributed by atoms with Gasteiger partial charge in [0, 0.05) is 12.5 Å². The highest BCUT2D eigenvalue weighted by Gasteiger charge is 2.26. The lowest BCUT2D eigenvalue weighted by atomic mass is 9.94. The third kappa shape index (κ3) is 5.60. The summed E-state index contributed by atoms with van der Waals surface area (Å²) in [5, 5.41) is 3.29. The van der Waals surface area contributed by atoms with E-state index in [2.05, 4.69) is 60.5 Å². The number of carbonyl (C=O) groups excluding carboxylic acids is 1. The zero-order chi connectivity index (χ0) is 20.8. The summed E-state index contributed by atoms with van der Waals surface area (Å²) in [5.41, 5.74) is 4.91. The molecule has 0 aromatic heterocycles. The van der Waals surface area contributed by atoms with Crippen molar-refractivity contribution in [2.24, 2.45) is 5.92 Å². The second-order valence-corrected chi connectivity index (χ2v) is 8.24. The van der Waals surface area contributed by atoms with E-state index < -0.39 is 0 Å². The molecule has 0 bridgehead atoms. The lowest BCUT2D eigenvalue weighted by Gasteiger charge is -2.32. The van der Waals surface area contributed by atoms with Crippen molar-refractivity contribution in [3.8, 4) is 5.75 Å². The Labute approximate surface area is 175 Å². The van der Waals surface area contributed by atoms with Gasteiger partial charge in [-0.1, -0.05) is 48.9 Å². The molecule has 2 aromatic carbocycles. The van der Waals surface area contributed by atoms with Crippen molar-refractivity contribution in [3.63, 3.8) is 0 Å². The fraction of sp³-hybridized carbons (Fsp3) is 0.480. The Bertz CT molecular complexity index is 825. The number of nitrogens with one attached hydrogen (secondary N) is 1. The van der Waals surface area contributed by atoms with Crippen LogP contribution in [0.1, 0.15) is 54.5 Å². The Hall–Kier alpha value is -2.33. The van der Waals surface area contributed by atoms with Crippen molar-refractivity contribution in [1.82, 2.24) is 10.2 Å². The standard InChI is InChI=1S/C25H34N2O2/c1-5-23(22-9-10-24(29-4)19(3)16-22)26-25(28)21-11-13-27(14-12-21)17-20-8-6-7-18(2)15-20/h6-10,15-16,21,23H,5,11-14,17H2,1-4H3,(H,26,28)/t23-/m1/s1. The Balaban J connectivity index is 1.53. The van der Waals surface area contributed by atoms with Crippen molar-refractivity contribution in [1.29, 1.82) is 0 Å². The number of hydrogen-bond donors (Lipinski definition) is 1. The molecule has 2 aromatic rings. The van der Waals surface area contributed by atoms with Crippen LogP contribution in [0.4, 0.5) is 0 Å². The van der Waals surface area contributed by atoms with E-state index in [1.165, 1.54) is 11.1 Å². The number of ether oxygens (including phenoxy) is 1. The lowest BCUT2D eigenvalue weighted by Crippen LogP contribution is -2.41. The first-order chi connectivity index (χ1) is 14.0. The number of benzene rings is 2. The van der Waals surface area contributed by atoms with Crippen LogP contribution < -0.4 is 10.1 Å². The van der Waals surface area contributed by atoms with E-state index in [1.54, 1.807) is 7.11 Å². The molecular formula is C25H34N2O2. The highest BCUT2D eigenvalue weighted by atomic mass is 16.5. The van der Waals surface area contributed by atoms with Gasteiger partial charge in [-0.15, -0.1) is 0 Å². The number of methoxy groups -OCH3 is 1. The van der Waals surface area contributed by atoms with Crippen molar-refractivity contribution in [2.75, 3.05) is 20.2 Å². The molecule has 29 heavy (non-hydrogen) atoms. The fourth-order valence-corrected chi connectivity index (χ4v) is 4.25. The highest BCUT2D eigenvalue weighted by molar-refractivity contribution is 5.79. The Kier molecular flexibility index (Phi) is 7.32. The van der Waals surface area contributed by atoms with Crippen LogP contribution in [0, 0.1) is 19.8 Å². The Morgan fingerprint density at radius 1 is 1.17 bits per heavy atom. The molecule has 0 radical (unpaired) electrons. The second-order valence-electron chi connectivity index (χ2n) is 8.24. The van der Waals surface area contributed by atoms with Crippen LogP contribution in [0.2, 0.25) is 0 Å². The van der Waals surface area contributed by atoms with Crippen LogP contribution in [0.15, 0.2) is 42.5 Å². The largest absolute Gasteiger partial charge is 0.496 e. The van der Waals surface area contributed by atoms with Crippen molar-refractivity contribution in [3.05, 3.63) is 64.7 Å². The first-order valence-electron chi connectivity index (χ1n) is 10.7. The zero-order valence-corrected chi connectivity index (χ0v) is 18.2. The van der Waals surface area contributed by atoms with Crippen LogP contribution in [0.5, 0.6) is 5.75 Å². The number of amides is 1. The number of piperidine rings is 1. The van der Waals surface area contributed by atoms with Gasteiger partial charge in [0.05, 0.1) is 13.2 Å². The van der Waals surface area contributed by atoms with E-state index in [9.17, 15) is 4.79 Å². The summed E-state index contributed by atoms with van der Waals surface area (Å²) >= 11 is 0. The van der Waals surface area contributed by atoms with Gasteiger partial charge in [-0.05, 0) is 69.0 Å². The van der Waals surface area contributed by atoms with Crippen molar-refractivity contribution >= 4 is 5.91 Å². The zero-order valence-electron chi connectivity index (χ0n) is 18.2. The van der Waals surface area contributed by atoms with Gasteiger partial charge in [0.15, 0.2) is 0 Å². The Morgan fingerprint density at radius 2 is 1.93 bits per heavy atom. The molecule has 1 aliphatic rings. The van der Waals surface area contributed by atoms with Gasteiger partial charge in [-0.3, -0.25) is 9.69 Å². The van der Waals surface area contributed by atoms with Gasteiger partial charge >= 0.3 is 0 Å². The molecule has 1 N–H and O–H groups in total. The van der Waals surface area contributed by atoms with E-state index >= 15 is 0 Å². The van der Waals surface area contributed by atoms with Crippen LogP contribution in [0.25, 0.3) is 0 Å². The minimum absolute atomic E-state index is 0.0532. The smallest absolute Gasteiger partial charge is 0.223 e. The maximum atomic E-state index is 12.9. The second kappa shape index (κ2) is 9.93. The maximum absolute atomic E-state index is 12.9. The fourth-order valence-electron chi connectivity index (χ4n) is 4.25. The van der Waals surface area contributed by atoms with Crippen molar-refractivity contribution in [2.45, 2.75) is 52.6 Å². The van der Waals surface area contributed by atoms with Crippen molar-refractivity contribution < 1.29 is 9.53 Å². The molecule has 1 atom stereocenters. The number of carbonyl (C=O) groups is 1. The number of rotatable bonds is 7. The molecule has 1 saturated heterocycles. The van der Waals surface area contributed by atoms with E-state index in [1.807, 2.05) is 13.0 Å². The summed E-state index contributed by atoms with van der Waals surface area (Å²) in [6, 6.07) is 14.9. The van der Waals surface area contributed by atoms with Gasteiger partial charge in [-0.2, -0.15) is 0 Å². The van der Waals surface area contributed by atoms with Gasteiger partial charge in [0.1, 0.15) is 5.75 Å². The molecule has 1 aliphatic heterocycles. The van der Waals surface area contributed by atoms with E-state index in [0.29, 0.717) is 0 Å². The van der Waals surface area contributed by atoms with Crippen LogP contribution in [0.3, 0.4) is 0 Å². The van der Waals surface area contributed by atoms with Crippen LogP contribution >= 0.6 is 0 Å². The molecule has 3 rings (SSSR count). The average molecular weight is 395 g/mol. The summed E-state index contributed by atoms with van der Waals surface area (Å²) in [6.45, 7) is 9.22. The Morgan fingerprint density at radius 3 is 2.55 bits per heavy atom. The summed E-state index contributed by atoms with van der Waals surface area (Å²) in [4.78, 5) is 15.4. The molecule has 156 valence electrons. The van der Waals surface area contributed by atoms with E-state index in [4.69, 9.17) is 4.74 Å². The van der Waals surface area contributed by atoms with E-state index in [-0.39, 0.29) is 17.9 Å². The topological polar surface area (TPSA) is 41.6 Å². The molecule has 4 heteroatoms. The number of likely N-dealkylation sites (tertiary alicyclic amines) is 1. The summed E-state index contributed by atoms with van der Waals surface area (Å²) < 4.78 is 5.36. The molecule has 0 unspecified atom stereocenters. The van der Waals surface area contributed by atoms with Crippen LogP contribution in [-0.4, -0.2) is 31.0 Å². The van der Waals surface area contributed by atoms with Gasteiger partial charge < -0.3 is 10.1 Å². The molecule has 0 spiro atoms. The van der Waals surface area contributed by atoms with E-state index in [0.717, 1.165) is 55.8 Å². The predicted molar refractivity (Wildman–Crippen MR) is 118 cm³/mol. The normalized spacial score (nSPS) is 16.4. The number of nitrogens with zero attached hydrogens (tertiary/aromatic N) is 1. The molecule has 0 aliphatic carbocycles. The first kappa shape index (κ1) is 21.4. The number of hydrogen-bond acceptors (Lipinski definition) is 3. The lowest BCUT2D eigenvalue weighted by molar-refractivity contribution is -0.127. The molecule has 0 saturated carbocycles. The molecule has 1 fully saturated rings.